The number of carbonyl (C=O) groups is 2. The first-order chi connectivity index (χ1) is 9.63. The van der Waals surface area contributed by atoms with Crippen LogP contribution in [0.25, 0.3) is 0 Å². The van der Waals surface area contributed by atoms with Crippen molar-refractivity contribution >= 4 is 11.8 Å². The molecule has 5 heteroatoms. The molecule has 118 valence electrons. The van der Waals surface area contributed by atoms with Crippen LogP contribution in [0.2, 0.25) is 0 Å². The molecule has 0 aromatic carbocycles. The number of nitrogens with one attached hydrogen (secondary N) is 2. The summed E-state index contributed by atoms with van der Waals surface area (Å²) in [6, 6.07) is 0. The number of carbonyl (C=O) groups excluding carboxylic acids is 2. The Morgan fingerprint density at radius 3 is 2.30 bits per heavy atom. The topological polar surface area (TPSA) is 67.4 Å². The van der Waals surface area contributed by atoms with Crippen LogP contribution in [0.15, 0.2) is 0 Å². The molecular formula is C15H30N2O3. The summed E-state index contributed by atoms with van der Waals surface area (Å²) in [6.07, 6.45) is 5.12. The number of ether oxygens (including phenoxy) is 1. The van der Waals surface area contributed by atoms with Crippen LogP contribution >= 0.6 is 0 Å². The molecule has 0 saturated heterocycles. The van der Waals surface area contributed by atoms with E-state index in [4.69, 9.17) is 4.74 Å². The molecular weight excluding hydrogens is 256 g/mol. The second-order valence-electron chi connectivity index (χ2n) is 5.06. The van der Waals surface area contributed by atoms with Gasteiger partial charge in [-0.3, -0.25) is 9.59 Å². The number of hydrogen-bond acceptors (Lipinski definition) is 3. The predicted octanol–water partition coefficient (Wildman–Crippen LogP) is 1.86. The second-order valence-corrected chi connectivity index (χ2v) is 5.06. The van der Waals surface area contributed by atoms with Gasteiger partial charge in [-0.2, -0.15) is 0 Å². The van der Waals surface area contributed by atoms with E-state index >= 15 is 0 Å². The summed E-state index contributed by atoms with van der Waals surface area (Å²) in [5, 5.41) is 5.62. The maximum absolute atomic E-state index is 11.7. The second kappa shape index (κ2) is 12.9. The van der Waals surface area contributed by atoms with Gasteiger partial charge in [0.25, 0.3) is 0 Å². The summed E-state index contributed by atoms with van der Waals surface area (Å²) >= 11 is 0. The summed E-state index contributed by atoms with van der Waals surface area (Å²) in [5.74, 6) is 0.409. The van der Waals surface area contributed by atoms with Gasteiger partial charge in [-0.15, -0.1) is 0 Å². The van der Waals surface area contributed by atoms with Crippen molar-refractivity contribution in [3.8, 4) is 0 Å². The molecule has 0 aliphatic carbocycles. The fourth-order valence-corrected chi connectivity index (χ4v) is 1.90. The molecule has 0 aliphatic heterocycles. The Morgan fingerprint density at radius 2 is 1.75 bits per heavy atom. The van der Waals surface area contributed by atoms with Crippen molar-refractivity contribution in [2.24, 2.45) is 5.92 Å². The van der Waals surface area contributed by atoms with Crippen LogP contribution in [-0.2, 0) is 14.3 Å². The average Bonchev–Trinajstić information content (AvgIpc) is 2.45. The molecule has 0 radical (unpaired) electrons. The van der Waals surface area contributed by atoms with Gasteiger partial charge >= 0.3 is 0 Å². The van der Waals surface area contributed by atoms with Crippen molar-refractivity contribution in [2.75, 3.05) is 26.8 Å². The Hall–Kier alpha value is -1.10. The Kier molecular flexibility index (Phi) is 12.2. The molecule has 0 bridgehead atoms. The number of unbranched alkanes of at least 4 members (excludes halogenated alkanes) is 1. The first-order valence-electron chi connectivity index (χ1n) is 7.66. The summed E-state index contributed by atoms with van der Waals surface area (Å²) in [4.78, 5) is 23.1. The summed E-state index contributed by atoms with van der Waals surface area (Å²) in [7, 11) is 1.59. The van der Waals surface area contributed by atoms with E-state index in [2.05, 4.69) is 24.5 Å². The normalized spacial score (nSPS) is 11.9. The molecule has 0 saturated carbocycles. The lowest BCUT2D eigenvalue weighted by molar-refractivity contribution is -0.126. The Bertz CT molecular complexity index is 270. The van der Waals surface area contributed by atoms with Crippen molar-refractivity contribution in [1.29, 1.82) is 0 Å². The molecule has 2 N–H and O–H groups in total. The Morgan fingerprint density at radius 1 is 1.10 bits per heavy atom. The molecule has 20 heavy (non-hydrogen) atoms. The lowest BCUT2D eigenvalue weighted by atomic mass is 9.99. The van der Waals surface area contributed by atoms with E-state index in [1.807, 2.05) is 0 Å². The number of rotatable bonds is 12. The van der Waals surface area contributed by atoms with E-state index in [9.17, 15) is 9.59 Å². The lowest BCUT2D eigenvalue weighted by Gasteiger charge is -2.15. The highest BCUT2D eigenvalue weighted by Gasteiger charge is 2.09. The van der Waals surface area contributed by atoms with Gasteiger partial charge in [0.2, 0.25) is 11.8 Å². The first kappa shape index (κ1) is 18.9. The Labute approximate surface area is 122 Å². The smallest absolute Gasteiger partial charge is 0.220 e. The number of amides is 2. The van der Waals surface area contributed by atoms with Crippen molar-refractivity contribution in [3.05, 3.63) is 0 Å². The quantitative estimate of drug-likeness (QED) is 0.538. The van der Waals surface area contributed by atoms with Crippen molar-refractivity contribution < 1.29 is 14.3 Å². The van der Waals surface area contributed by atoms with E-state index in [0.29, 0.717) is 19.1 Å². The van der Waals surface area contributed by atoms with Crippen molar-refractivity contribution in [1.82, 2.24) is 10.6 Å². The van der Waals surface area contributed by atoms with Gasteiger partial charge in [-0.25, -0.2) is 0 Å². The number of hydrogen-bond donors (Lipinski definition) is 2. The van der Waals surface area contributed by atoms with Crippen LogP contribution in [0.3, 0.4) is 0 Å². The van der Waals surface area contributed by atoms with Crippen LogP contribution in [0.5, 0.6) is 0 Å². The molecule has 5 nitrogen and oxygen atoms in total. The monoisotopic (exact) mass is 286 g/mol. The van der Waals surface area contributed by atoms with Gasteiger partial charge in [-0.1, -0.05) is 33.1 Å². The van der Waals surface area contributed by atoms with Crippen LogP contribution < -0.4 is 10.6 Å². The molecule has 0 fully saturated rings. The fraction of sp³-hybridized carbons (Fsp3) is 0.867. The first-order valence-corrected chi connectivity index (χ1v) is 7.66. The van der Waals surface area contributed by atoms with E-state index < -0.39 is 0 Å². The van der Waals surface area contributed by atoms with Gasteiger partial charge in [0.05, 0.1) is 6.61 Å². The molecule has 0 rings (SSSR count). The minimum absolute atomic E-state index is 0.0400. The van der Waals surface area contributed by atoms with E-state index in [1.165, 1.54) is 12.8 Å². The molecule has 0 heterocycles. The van der Waals surface area contributed by atoms with Crippen molar-refractivity contribution in [2.45, 2.75) is 52.4 Å². The van der Waals surface area contributed by atoms with Crippen LogP contribution in [-0.4, -0.2) is 38.6 Å². The standard InChI is InChI=1S/C15H30N2O3/c1-4-6-7-13(5-2)12-17-15(19)9-8-14(18)16-10-11-20-3/h13H,4-12H2,1-3H3,(H,16,18)(H,17,19)/t13-/m1/s1. The average molecular weight is 286 g/mol. The van der Waals surface area contributed by atoms with Gasteiger partial charge in [0.1, 0.15) is 0 Å². The number of methoxy groups -OCH3 is 1. The molecule has 0 unspecified atom stereocenters. The highest BCUT2D eigenvalue weighted by molar-refractivity contribution is 5.83. The fourth-order valence-electron chi connectivity index (χ4n) is 1.90. The maximum atomic E-state index is 11.7. The SMILES string of the molecule is CCCC[C@@H](CC)CNC(=O)CCC(=O)NCCOC. The largest absolute Gasteiger partial charge is 0.383 e. The third-order valence-corrected chi connectivity index (χ3v) is 3.34. The molecule has 2 amide bonds. The Balaban J connectivity index is 3.68. The van der Waals surface area contributed by atoms with Gasteiger partial charge in [0, 0.05) is 33.0 Å². The van der Waals surface area contributed by atoms with E-state index in [1.54, 1.807) is 7.11 Å². The maximum Gasteiger partial charge on any atom is 0.220 e. The van der Waals surface area contributed by atoms with Gasteiger partial charge in [0.15, 0.2) is 0 Å². The minimum Gasteiger partial charge on any atom is -0.383 e. The zero-order valence-electron chi connectivity index (χ0n) is 13.2. The zero-order valence-corrected chi connectivity index (χ0v) is 13.2. The minimum atomic E-state index is -0.102. The van der Waals surface area contributed by atoms with Crippen LogP contribution in [0.1, 0.15) is 52.4 Å². The van der Waals surface area contributed by atoms with Crippen LogP contribution in [0.4, 0.5) is 0 Å². The molecule has 0 aliphatic rings. The van der Waals surface area contributed by atoms with Gasteiger partial charge < -0.3 is 15.4 Å². The highest BCUT2D eigenvalue weighted by Crippen LogP contribution is 2.11. The van der Waals surface area contributed by atoms with E-state index in [0.717, 1.165) is 19.4 Å². The van der Waals surface area contributed by atoms with E-state index in [-0.39, 0.29) is 24.7 Å². The zero-order chi connectivity index (χ0) is 15.2. The third-order valence-electron chi connectivity index (χ3n) is 3.34. The molecule has 0 spiro atoms. The lowest BCUT2D eigenvalue weighted by Crippen LogP contribution is -2.31. The molecule has 0 aromatic rings. The molecule has 0 aromatic heterocycles. The summed E-state index contributed by atoms with van der Waals surface area (Å²) in [6.45, 7) is 6.03. The highest BCUT2D eigenvalue weighted by atomic mass is 16.5. The summed E-state index contributed by atoms with van der Waals surface area (Å²) in [5.41, 5.74) is 0. The predicted molar refractivity (Wildman–Crippen MR) is 80.4 cm³/mol. The third kappa shape index (κ3) is 10.8. The van der Waals surface area contributed by atoms with Crippen molar-refractivity contribution in [3.63, 3.8) is 0 Å². The van der Waals surface area contributed by atoms with Gasteiger partial charge in [-0.05, 0) is 12.3 Å². The molecule has 1 atom stereocenters. The summed E-state index contributed by atoms with van der Waals surface area (Å²) < 4.78 is 4.83. The van der Waals surface area contributed by atoms with Crippen LogP contribution in [0, 0.1) is 5.92 Å².